The Bertz CT molecular complexity index is 875. The molecule has 2 atom stereocenters. The fraction of sp³-hybridized carbons (Fsp3) is 0.500. The van der Waals surface area contributed by atoms with E-state index in [0.29, 0.717) is 26.2 Å². The van der Waals surface area contributed by atoms with E-state index in [9.17, 15) is 8.42 Å². The molecule has 1 heterocycles. The van der Waals surface area contributed by atoms with Crippen LogP contribution in [0.15, 0.2) is 36.4 Å². The predicted octanol–water partition coefficient (Wildman–Crippen LogP) is 2.38. The van der Waals surface area contributed by atoms with Crippen LogP contribution >= 0.6 is 0 Å². The highest BCUT2D eigenvalue weighted by molar-refractivity contribution is 7.89. The maximum Gasteiger partial charge on any atom is 0.215 e. The van der Waals surface area contributed by atoms with Crippen molar-refractivity contribution >= 4 is 20.8 Å². The number of rotatable bonds is 7. The van der Waals surface area contributed by atoms with Crippen molar-refractivity contribution in [2.75, 3.05) is 32.5 Å². The lowest BCUT2D eigenvalue weighted by molar-refractivity contribution is -0.0440. The van der Waals surface area contributed by atoms with Crippen molar-refractivity contribution in [3.05, 3.63) is 42.0 Å². The number of nitrogens with one attached hydrogen (secondary N) is 1. The van der Waals surface area contributed by atoms with Gasteiger partial charge in [-0.2, -0.15) is 4.31 Å². The first kappa shape index (κ1) is 20.1. The van der Waals surface area contributed by atoms with Crippen LogP contribution in [0.5, 0.6) is 5.75 Å². The summed E-state index contributed by atoms with van der Waals surface area (Å²) in [6.07, 6.45) is -0.146. The minimum atomic E-state index is -3.30. The zero-order valence-corrected chi connectivity index (χ0v) is 17.0. The highest BCUT2D eigenvalue weighted by Gasteiger charge is 2.30. The van der Waals surface area contributed by atoms with Crippen molar-refractivity contribution in [3.63, 3.8) is 0 Å². The molecule has 0 aromatic heterocycles. The van der Waals surface area contributed by atoms with Crippen LogP contribution in [0.25, 0.3) is 10.8 Å². The number of sulfonamides is 1. The molecule has 6 nitrogen and oxygen atoms in total. The highest BCUT2D eigenvalue weighted by atomic mass is 32.2. The van der Waals surface area contributed by atoms with Gasteiger partial charge in [-0.3, -0.25) is 0 Å². The molecule has 27 heavy (non-hydrogen) atoms. The molecule has 0 aliphatic carbocycles. The SMILES string of the molecule is COc1ccc2ccccc2c1CNCCS(=O)(=O)N1CC(C)OC(C)C1. The average Bonchev–Trinajstić information content (AvgIpc) is 2.64. The third kappa shape index (κ3) is 4.79. The Morgan fingerprint density at radius 1 is 1.15 bits per heavy atom. The van der Waals surface area contributed by atoms with Crippen LogP contribution in [0, 0.1) is 0 Å². The Morgan fingerprint density at radius 3 is 2.56 bits per heavy atom. The number of morpholine rings is 1. The Kier molecular flexibility index (Phi) is 6.37. The first-order valence-corrected chi connectivity index (χ1v) is 10.9. The molecule has 0 spiro atoms. The molecule has 2 aromatic carbocycles. The van der Waals surface area contributed by atoms with Crippen LogP contribution in [0.1, 0.15) is 19.4 Å². The maximum absolute atomic E-state index is 12.6. The van der Waals surface area contributed by atoms with Gasteiger partial charge in [0.05, 0.1) is 25.1 Å². The van der Waals surface area contributed by atoms with Gasteiger partial charge < -0.3 is 14.8 Å². The standard InChI is InChI=1S/C20H28N2O4S/c1-15-13-22(14-16(2)26-15)27(23,24)11-10-21-12-19-18-7-5-4-6-17(18)8-9-20(19)25-3/h4-9,15-16,21H,10-14H2,1-3H3. The summed E-state index contributed by atoms with van der Waals surface area (Å²) in [7, 11) is -1.65. The Balaban J connectivity index is 1.63. The van der Waals surface area contributed by atoms with E-state index in [2.05, 4.69) is 17.4 Å². The summed E-state index contributed by atoms with van der Waals surface area (Å²) in [5.74, 6) is 0.874. The quantitative estimate of drug-likeness (QED) is 0.733. The molecule has 0 bridgehead atoms. The molecular formula is C20H28N2O4S. The molecule has 3 rings (SSSR count). The van der Waals surface area contributed by atoms with Crippen molar-refractivity contribution in [3.8, 4) is 5.75 Å². The summed E-state index contributed by atoms with van der Waals surface area (Å²) in [6.45, 7) is 5.59. The molecule has 1 saturated heterocycles. The topological polar surface area (TPSA) is 67.9 Å². The zero-order chi connectivity index (χ0) is 19.4. The summed E-state index contributed by atoms with van der Waals surface area (Å²) in [5, 5.41) is 5.52. The van der Waals surface area contributed by atoms with Crippen LogP contribution in [-0.2, 0) is 21.3 Å². The molecular weight excluding hydrogens is 364 g/mol. The third-order valence-electron chi connectivity index (χ3n) is 4.84. The summed E-state index contributed by atoms with van der Waals surface area (Å²) in [6, 6.07) is 12.1. The molecule has 0 amide bonds. The minimum Gasteiger partial charge on any atom is -0.496 e. The number of nitrogens with zero attached hydrogens (tertiary/aromatic N) is 1. The summed E-state index contributed by atoms with van der Waals surface area (Å²) in [4.78, 5) is 0. The summed E-state index contributed by atoms with van der Waals surface area (Å²) in [5.41, 5.74) is 1.04. The lowest BCUT2D eigenvalue weighted by Gasteiger charge is -2.34. The fourth-order valence-electron chi connectivity index (χ4n) is 3.59. The van der Waals surface area contributed by atoms with Crippen molar-refractivity contribution in [1.82, 2.24) is 9.62 Å². The fourth-order valence-corrected chi connectivity index (χ4v) is 5.13. The van der Waals surface area contributed by atoms with Gasteiger partial charge >= 0.3 is 0 Å². The third-order valence-corrected chi connectivity index (χ3v) is 6.64. The largest absolute Gasteiger partial charge is 0.496 e. The van der Waals surface area contributed by atoms with E-state index in [1.165, 1.54) is 0 Å². The van der Waals surface area contributed by atoms with E-state index in [4.69, 9.17) is 9.47 Å². The molecule has 1 aliphatic rings. The minimum absolute atomic E-state index is 0.0690. The smallest absolute Gasteiger partial charge is 0.215 e. The second-order valence-corrected chi connectivity index (χ2v) is 9.12. The van der Waals surface area contributed by atoms with Crippen molar-refractivity contribution in [1.29, 1.82) is 0 Å². The number of hydrogen-bond acceptors (Lipinski definition) is 5. The molecule has 1 N–H and O–H groups in total. The van der Waals surface area contributed by atoms with Gasteiger partial charge in [-0.1, -0.05) is 30.3 Å². The number of ether oxygens (including phenoxy) is 2. The second-order valence-electron chi connectivity index (χ2n) is 7.03. The lowest BCUT2D eigenvalue weighted by atomic mass is 10.0. The molecule has 2 unspecified atom stereocenters. The second kappa shape index (κ2) is 8.56. The van der Waals surface area contributed by atoms with Crippen LogP contribution < -0.4 is 10.1 Å². The van der Waals surface area contributed by atoms with Gasteiger partial charge in [-0.25, -0.2) is 8.42 Å². The van der Waals surface area contributed by atoms with E-state index < -0.39 is 10.0 Å². The average molecular weight is 393 g/mol. The number of fused-ring (bicyclic) bond motifs is 1. The van der Waals surface area contributed by atoms with Crippen LogP contribution in [-0.4, -0.2) is 57.4 Å². The van der Waals surface area contributed by atoms with E-state index in [1.54, 1.807) is 11.4 Å². The molecule has 2 aromatic rings. The molecule has 0 saturated carbocycles. The van der Waals surface area contributed by atoms with Gasteiger partial charge in [0.1, 0.15) is 5.75 Å². The van der Waals surface area contributed by atoms with Gasteiger partial charge in [-0.05, 0) is 30.7 Å². The Labute approximate surface area is 161 Å². The molecule has 1 aliphatic heterocycles. The number of benzene rings is 2. The van der Waals surface area contributed by atoms with Crippen LogP contribution in [0.4, 0.5) is 0 Å². The molecule has 0 radical (unpaired) electrons. The van der Waals surface area contributed by atoms with Gasteiger partial charge in [0.25, 0.3) is 0 Å². The van der Waals surface area contributed by atoms with Crippen LogP contribution in [0.3, 0.4) is 0 Å². The van der Waals surface area contributed by atoms with Crippen LogP contribution in [0.2, 0.25) is 0 Å². The van der Waals surface area contributed by atoms with Crippen molar-refractivity contribution < 1.29 is 17.9 Å². The number of hydrogen-bond donors (Lipinski definition) is 1. The van der Waals surface area contributed by atoms with Gasteiger partial charge in [0.2, 0.25) is 10.0 Å². The highest BCUT2D eigenvalue weighted by Crippen LogP contribution is 2.27. The number of methoxy groups -OCH3 is 1. The van der Waals surface area contributed by atoms with E-state index in [1.807, 2.05) is 38.1 Å². The van der Waals surface area contributed by atoms with Gasteiger partial charge in [-0.15, -0.1) is 0 Å². The van der Waals surface area contributed by atoms with E-state index in [0.717, 1.165) is 22.1 Å². The van der Waals surface area contributed by atoms with Gasteiger partial charge in [0, 0.05) is 31.7 Å². The zero-order valence-electron chi connectivity index (χ0n) is 16.1. The molecule has 7 heteroatoms. The maximum atomic E-state index is 12.6. The van der Waals surface area contributed by atoms with Crippen molar-refractivity contribution in [2.45, 2.75) is 32.6 Å². The first-order chi connectivity index (χ1) is 12.9. The summed E-state index contributed by atoms with van der Waals surface area (Å²) < 4.78 is 37.9. The Morgan fingerprint density at radius 2 is 1.85 bits per heavy atom. The predicted molar refractivity (Wildman–Crippen MR) is 108 cm³/mol. The van der Waals surface area contributed by atoms with Crippen molar-refractivity contribution in [2.24, 2.45) is 0 Å². The van der Waals surface area contributed by atoms with Gasteiger partial charge in [0.15, 0.2) is 0 Å². The van der Waals surface area contributed by atoms with E-state index in [-0.39, 0.29) is 18.0 Å². The van der Waals surface area contributed by atoms with E-state index >= 15 is 0 Å². The first-order valence-electron chi connectivity index (χ1n) is 9.29. The summed E-state index contributed by atoms with van der Waals surface area (Å²) >= 11 is 0. The lowest BCUT2D eigenvalue weighted by Crippen LogP contribution is -2.49. The molecule has 148 valence electrons. The molecule has 1 fully saturated rings. The monoisotopic (exact) mass is 392 g/mol. The normalized spacial score (nSPS) is 21.4. The Hall–Kier alpha value is -1.67.